The van der Waals surface area contributed by atoms with Crippen molar-refractivity contribution in [2.75, 3.05) is 12.3 Å². The first-order valence-corrected chi connectivity index (χ1v) is 7.18. The number of nitrogen functional groups attached to an aromatic ring is 1. The molecule has 1 atom stereocenters. The highest BCUT2D eigenvalue weighted by Crippen LogP contribution is 2.24. The molecular formula is C12H17Cl2N4OS+. The molecule has 8 heteroatoms. The minimum absolute atomic E-state index is 0. The highest BCUT2D eigenvalue weighted by atomic mass is 35.5. The number of hydrogen-bond donors (Lipinski definition) is 2. The lowest BCUT2D eigenvalue weighted by Gasteiger charge is -2.07. The van der Waals surface area contributed by atoms with E-state index in [9.17, 15) is 0 Å². The fourth-order valence-electron chi connectivity index (χ4n) is 1.82. The highest BCUT2D eigenvalue weighted by molar-refractivity contribution is 7.09. The van der Waals surface area contributed by atoms with Crippen molar-refractivity contribution in [1.82, 2.24) is 9.97 Å². The van der Waals surface area contributed by atoms with Crippen molar-refractivity contribution in [2.24, 2.45) is 0 Å². The number of aliphatic hydroxyl groups is 1. The lowest BCUT2D eigenvalue weighted by atomic mass is 10.2. The van der Waals surface area contributed by atoms with Crippen molar-refractivity contribution >= 4 is 41.2 Å². The van der Waals surface area contributed by atoms with Crippen molar-refractivity contribution in [3.05, 3.63) is 33.7 Å². The maximum atomic E-state index is 9.01. The van der Waals surface area contributed by atoms with Gasteiger partial charge in [0.05, 0.1) is 10.4 Å². The molecule has 0 aliphatic rings. The Morgan fingerprint density at radius 3 is 2.80 bits per heavy atom. The minimum atomic E-state index is -0.440. The summed E-state index contributed by atoms with van der Waals surface area (Å²) in [5, 5.41) is 9.01. The smallest absolute Gasteiger partial charge is 0.264 e. The monoisotopic (exact) mass is 335 g/mol. The molecule has 0 aromatic carbocycles. The third-order valence-electron chi connectivity index (χ3n) is 2.91. The van der Waals surface area contributed by atoms with Crippen LogP contribution in [0.1, 0.15) is 27.5 Å². The molecule has 0 saturated heterocycles. The predicted octanol–water partition coefficient (Wildman–Crippen LogP) is 1.77. The van der Waals surface area contributed by atoms with Gasteiger partial charge >= 0.3 is 0 Å². The fourth-order valence-corrected chi connectivity index (χ4v) is 3.27. The number of alkyl halides is 1. The van der Waals surface area contributed by atoms with E-state index in [4.69, 9.17) is 22.4 Å². The van der Waals surface area contributed by atoms with Gasteiger partial charge in [0.25, 0.3) is 5.50 Å². The number of hydrogen-bond acceptors (Lipinski definition) is 5. The zero-order valence-corrected chi connectivity index (χ0v) is 13.6. The van der Waals surface area contributed by atoms with Gasteiger partial charge < -0.3 is 10.8 Å². The Morgan fingerprint density at radius 2 is 2.20 bits per heavy atom. The molecule has 0 bridgehead atoms. The van der Waals surface area contributed by atoms with E-state index in [1.54, 1.807) is 24.5 Å². The maximum Gasteiger partial charge on any atom is 0.264 e. The van der Waals surface area contributed by atoms with E-state index in [2.05, 4.69) is 9.97 Å². The van der Waals surface area contributed by atoms with E-state index in [1.165, 1.54) is 0 Å². The molecule has 0 fully saturated rings. The number of aryl methyl sites for hydroxylation is 1. The maximum absolute atomic E-state index is 9.01. The summed E-state index contributed by atoms with van der Waals surface area (Å²) in [5.41, 5.74) is 9.09. The number of aromatic nitrogens is 3. The summed E-state index contributed by atoms with van der Waals surface area (Å²) < 4.78 is 1.92. The molecule has 2 aromatic heterocycles. The second-order valence-electron chi connectivity index (χ2n) is 4.21. The molecule has 2 heterocycles. The highest BCUT2D eigenvalue weighted by Gasteiger charge is 2.27. The van der Waals surface area contributed by atoms with Crippen molar-refractivity contribution < 1.29 is 9.67 Å². The lowest BCUT2D eigenvalue weighted by Crippen LogP contribution is -2.38. The van der Waals surface area contributed by atoms with Crippen molar-refractivity contribution in [1.29, 1.82) is 0 Å². The molecule has 0 aliphatic heterocycles. The van der Waals surface area contributed by atoms with E-state index in [-0.39, 0.29) is 19.0 Å². The molecule has 5 nitrogen and oxygen atoms in total. The van der Waals surface area contributed by atoms with Gasteiger partial charge in [-0.05, 0) is 18.5 Å². The third kappa shape index (κ3) is 3.38. The number of nitrogens with two attached hydrogens (primary N) is 1. The molecule has 0 spiro atoms. The van der Waals surface area contributed by atoms with Crippen molar-refractivity contribution in [2.45, 2.75) is 25.8 Å². The largest absolute Gasteiger partial charge is 0.396 e. The number of rotatable bonds is 4. The van der Waals surface area contributed by atoms with Crippen LogP contribution in [0.5, 0.6) is 0 Å². The Morgan fingerprint density at radius 1 is 1.50 bits per heavy atom. The van der Waals surface area contributed by atoms with Gasteiger partial charge in [-0.3, -0.25) is 0 Å². The summed E-state index contributed by atoms with van der Waals surface area (Å²) in [6, 6.07) is 0. The average Bonchev–Trinajstić information content (AvgIpc) is 2.71. The van der Waals surface area contributed by atoms with Gasteiger partial charge in [0.1, 0.15) is 11.6 Å². The van der Waals surface area contributed by atoms with Crippen molar-refractivity contribution in [3.8, 4) is 0 Å². The van der Waals surface area contributed by atoms with Crippen LogP contribution in [-0.4, -0.2) is 21.7 Å². The van der Waals surface area contributed by atoms with Crippen LogP contribution in [0.3, 0.4) is 0 Å². The molecule has 2 rings (SSSR count). The Hall–Kier alpha value is -0.950. The molecule has 2 aromatic rings. The van der Waals surface area contributed by atoms with Crippen LogP contribution < -0.4 is 10.3 Å². The fraction of sp³-hybridized carbons (Fsp3) is 0.417. The second-order valence-corrected chi connectivity index (χ2v) is 5.56. The Labute approximate surface area is 132 Å². The molecule has 20 heavy (non-hydrogen) atoms. The quantitative estimate of drug-likeness (QED) is 0.659. The third-order valence-corrected chi connectivity index (χ3v) is 4.47. The minimum Gasteiger partial charge on any atom is -0.396 e. The van der Waals surface area contributed by atoms with E-state index in [0.29, 0.717) is 23.6 Å². The molecule has 110 valence electrons. The Bertz CT molecular complexity index is 591. The topological polar surface area (TPSA) is 75.9 Å². The Balaban J connectivity index is 0.00000200. The summed E-state index contributed by atoms with van der Waals surface area (Å²) in [6.07, 6.45) is 2.29. The summed E-state index contributed by atoms with van der Waals surface area (Å²) in [5.74, 6) is 1.02. The average molecular weight is 336 g/mol. The standard InChI is InChI=1S/C12H16ClN4OS.ClH/c1-7-10(3-4-18)19-6-17(7)11(13)9-5-15-8(2)16-12(9)14;/h5-6,11,18H,3-4H2,1-2H3,(H2,14,15,16);1H/q+1;. The first kappa shape index (κ1) is 17.1. The van der Waals surface area contributed by atoms with Crippen LogP contribution in [0.25, 0.3) is 0 Å². The molecule has 3 N–H and O–H groups in total. The van der Waals surface area contributed by atoms with Crippen LogP contribution in [0, 0.1) is 13.8 Å². The van der Waals surface area contributed by atoms with Crippen LogP contribution in [0.2, 0.25) is 0 Å². The number of aliphatic hydroxyl groups excluding tert-OH is 1. The lowest BCUT2D eigenvalue weighted by molar-refractivity contribution is -0.695. The summed E-state index contributed by atoms with van der Waals surface area (Å²) in [4.78, 5) is 9.37. The van der Waals surface area contributed by atoms with E-state index >= 15 is 0 Å². The molecule has 0 radical (unpaired) electrons. The molecule has 0 saturated carbocycles. The van der Waals surface area contributed by atoms with Gasteiger partial charge in [0.2, 0.25) is 5.51 Å². The van der Waals surface area contributed by atoms with Gasteiger partial charge in [-0.15, -0.1) is 12.4 Å². The van der Waals surface area contributed by atoms with Crippen LogP contribution in [0.15, 0.2) is 11.7 Å². The molecule has 0 aliphatic carbocycles. The van der Waals surface area contributed by atoms with E-state index < -0.39 is 5.50 Å². The first-order valence-electron chi connectivity index (χ1n) is 5.86. The number of nitrogens with zero attached hydrogens (tertiary/aromatic N) is 3. The van der Waals surface area contributed by atoms with Gasteiger partial charge in [0, 0.05) is 26.1 Å². The molecular weight excluding hydrogens is 319 g/mol. The number of anilines is 1. The predicted molar refractivity (Wildman–Crippen MR) is 82.5 cm³/mol. The van der Waals surface area contributed by atoms with Crippen LogP contribution in [0.4, 0.5) is 5.82 Å². The zero-order chi connectivity index (χ0) is 14.0. The van der Waals surface area contributed by atoms with E-state index in [0.717, 1.165) is 10.6 Å². The SMILES string of the molecule is Cc1ncc(C(Cl)[n+]2csc(CCO)c2C)c(N)n1.Cl. The summed E-state index contributed by atoms with van der Waals surface area (Å²) >= 11 is 8.02. The molecule has 0 amide bonds. The van der Waals surface area contributed by atoms with Gasteiger partial charge in [0.15, 0.2) is 5.69 Å². The normalized spacial score (nSPS) is 12.0. The van der Waals surface area contributed by atoms with E-state index in [1.807, 2.05) is 17.0 Å². The van der Waals surface area contributed by atoms with Gasteiger partial charge in [-0.2, -0.15) is 4.57 Å². The number of halogens is 2. The number of thiazole rings is 1. The van der Waals surface area contributed by atoms with Gasteiger partial charge in [-0.1, -0.05) is 11.3 Å². The van der Waals surface area contributed by atoms with Crippen molar-refractivity contribution in [3.63, 3.8) is 0 Å². The Kier molecular flexibility index (Phi) is 6.13. The van der Waals surface area contributed by atoms with Gasteiger partial charge in [-0.25, -0.2) is 9.97 Å². The second kappa shape index (κ2) is 7.17. The summed E-state index contributed by atoms with van der Waals surface area (Å²) in [7, 11) is 0. The zero-order valence-electron chi connectivity index (χ0n) is 11.2. The first-order chi connectivity index (χ1) is 9.04. The summed E-state index contributed by atoms with van der Waals surface area (Å²) in [6.45, 7) is 3.89. The van der Waals surface area contributed by atoms with Crippen LogP contribution >= 0.6 is 35.3 Å². The van der Waals surface area contributed by atoms with Crippen LogP contribution in [-0.2, 0) is 6.42 Å². The molecule has 1 unspecified atom stereocenters.